The first kappa shape index (κ1) is 14.4. The molecule has 0 atom stereocenters. The molecule has 3 fully saturated rings. The molecular weight excluding hydrogens is 248 g/mol. The van der Waals surface area contributed by atoms with Crippen LogP contribution < -0.4 is 5.32 Å². The first-order valence-corrected chi connectivity index (χ1v) is 8.82. The van der Waals surface area contributed by atoms with E-state index in [4.69, 9.17) is 0 Å². The van der Waals surface area contributed by atoms with Crippen molar-refractivity contribution in [3.63, 3.8) is 0 Å². The molecule has 1 saturated heterocycles. The predicted octanol–water partition coefficient (Wildman–Crippen LogP) is 2.80. The van der Waals surface area contributed by atoms with Gasteiger partial charge in [-0.15, -0.1) is 0 Å². The first-order valence-electron chi connectivity index (χ1n) is 8.82. The lowest BCUT2D eigenvalue weighted by Crippen LogP contribution is -2.35. The molecule has 3 nitrogen and oxygen atoms in total. The van der Waals surface area contributed by atoms with Crippen LogP contribution in [-0.4, -0.2) is 37.0 Å². The van der Waals surface area contributed by atoms with Crippen molar-refractivity contribution in [1.82, 2.24) is 10.2 Å². The molecule has 114 valence electrons. The molecule has 0 radical (unpaired) electrons. The highest BCUT2D eigenvalue weighted by atomic mass is 16.2. The maximum atomic E-state index is 12.3. The van der Waals surface area contributed by atoms with Crippen LogP contribution in [0.4, 0.5) is 0 Å². The van der Waals surface area contributed by atoms with Gasteiger partial charge in [-0.25, -0.2) is 0 Å². The number of amides is 1. The predicted molar refractivity (Wildman–Crippen MR) is 81.5 cm³/mol. The van der Waals surface area contributed by atoms with Gasteiger partial charge in [-0.2, -0.15) is 0 Å². The quantitative estimate of drug-likeness (QED) is 0.692. The molecular formula is C17H30N2O. The summed E-state index contributed by atoms with van der Waals surface area (Å²) in [6.07, 6.45) is 11.6. The van der Waals surface area contributed by atoms with Crippen molar-refractivity contribution in [2.45, 2.75) is 57.8 Å². The van der Waals surface area contributed by atoms with E-state index in [1.165, 1.54) is 58.0 Å². The van der Waals surface area contributed by atoms with Crippen LogP contribution >= 0.6 is 0 Å². The monoisotopic (exact) mass is 278 g/mol. The van der Waals surface area contributed by atoms with Gasteiger partial charge in [0.2, 0.25) is 5.91 Å². The number of carbonyl (C=O) groups excluding carboxylic acids is 1. The SMILES string of the molecule is O=C(C1CC1)N(CCCCC1CCNCC1)CC1CC1. The maximum Gasteiger partial charge on any atom is 0.225 e. The van der Waals surface area contributed by atoms with Crippen molar-refractivity contribution >= 4 is 5.91 Å². The van der Waals surface area contributed by atoms with Crippen LogP contribution in [0.5, 0.6) is 0 Å². The van der Waals surface area contributed by atoms with Crippen LogP contribution in [-0.2, 0) is 4.79 Å². The zero-order valence-electron chi connectivity index (χ0n) is 12.8. The summed E-state index contributed by atoms with van der Waals surface area (Å²) in [6, 6.07) is 0. The van der Waals surface area contributed by atoms with E-state index in [0.717, 1.165) is 37.8 Å². The molecule has 1 N–H and O–H groups in total. The molecule has 0 aromatic carbocycles. The smallest absolute Gasteiger partial charge is 0.225 e. The largest absolute Gasteiger partial charge is 0.342 e. The van der Waals surface area contributed by atoms with Gasteiger partial charge in [0.15, 0.2) is 0 Å². The highest BCUT2D eigenvalue weighted by Gasteiger charge is 2.35. The van der Waals surface area contributed by atoms with Gasteiger partial charge in [-0.05, 0) is 69.9 Å². The Balaban J connectivity index is 1.34. The topological polar surface area (TPSA) is 32.3 Å². The van der Waals surface area contributed by atoms with E-state index >= 15 is 0 Å². The minimum atomic E-state index is 0.401. The highest BCUT2D eigenvalue weighted by Crippen LogP contribution is 2.34. The summed E-state index contributed by atoms with van der Waals surface area (Å²) in [5, 5.41) is 3.43. The Morgan fingerprint density at radius 3 is 2.35 bits per heavy atom. The van der Waals surface area contributed by atoms with Crippen LogP contribution in [0.3, 0.4) is 0 Å². The van der Waals surface area contributed by atoms with Gasteiger partial charge in [0.05, 0.1) is 0 Å². The van der Waals surface area contributed by atoms with Crippen LogP contribution in [0, 0.1) is 17.8 Å². The van der Waals surface area contributed by atoms with Crippen LogP contribution in [0.2, 0.25) is 0 Å². The summed E-state index contributed by atoms with van der Waals surface area (Å²) in [5.41, 5.74) is 0. The van der Waals surface area contributed by atoms with Crippen molar-refractivity contribution < 1.29 is 4.79 Å². The van der Waals surface area contributed by atoms with E-state index in [0.29, 0.717) is 11.8 Å². The number of carbonyl (C=O) groups is 1. The van der Waals surface area contributed by atoms with Crippen molar-refractivity contribution in [1.29, 1.82) is 0 Å². The third-order valence-corrected chi connectivity index (χ3v) is 5.16. The Morgan fingerprint density at radius 2 is 1.70 bits per heavy atom. The number of hydrogen-bond donors (Lipinski definition) is 1. The lowest BCUT2D eigenvalue weighted by molar-refractivity contribution is -0.132. The van der Waals surface area contributed by atoms with Crippen LogP contribution in [0.25, 0.3) is 0 Å². The minimum Gasteiger partial charge on any atom is -0.342 e. The molecule has 20 heavy (non-hydrogen) atoms. The second-order valence-electron chi connectivity index (χ2n) is 7.19. The van der Waals surface area contributed by atoms with Crippen molar-refractivity contribution in [3.05, 3.63) is 0 Å². The third kappa shape index (κ3) is 4.47. The van der Waals surface area contributed by atoms with Gasteiger partial charge >= 0.3 is 0 Å². The molecule has 0 aromatic rings. The molecule has 0 unspecified atom stereocenters. The van der Waals surface area contributed by atoms with E-state index in [2.05, 4.69) is 10.2 Å². The summed E-state index contributed by atoms with van der Waals surface area (Å²) in [5.74, 6) is 2.64. The lowest BCUT2D eigenvalue weighted by Gasteiger charge is -2.25. The summed E-state index contributed by atoms with van der Waals surface area (Å²) >= 11 is 0. The number of piperidine rings is 1. The molecule has 3 heteroatoms. The molecule has 2 saturated carbocycles. The summed E-state index contributed by atoms with van der Waals surface area (Å²) < 4.78 is 0. The Hall–Kier alpha value is -0.570. The molecule has 1 amide bonds. The molecule has 1 aliphatic heterocycles. The molecule has 0 aromatic heterocycles. The van der Waals surface area contributed by atoms with E-state index in [9.17, 15) is 4.79 Å². The van der Waals surface area contributed by atoms with Crippen molar-refractivity contribution in [3.8, 4) is 0 Å². The number of hydrogen-bond acceptors (Lipinski definition) is 2. The average molecular weight is 278 g/mol. The Morgan fingerprint density at radius 1 is 0.950 bits per heavy atom. The fraction of sp³-hybridized carbons (Fsp3) is 0.941. The molecule has 3 aliphatic rings. The maximum absolute atomic E-state index is 12.3. The standard InChI is InChI=1S/C17H30N2O/c20-17(16-6-7-16)19(13-15-4-5-15)12-2-1-3-14-8-10-18-11-9-14/h14-16,18H,1-13H2. The van der Waals surface area contributed by atoms with E-state index < -0.39 is 0 Å². The van der Waals surface area contributed by atoms with Crippen molar-refractivity contribution in [2.24, 2.45) is 17.8 Å². The average Bonchev–Trinajstić information content (AvgIpc) is 3.36. The van der Waals surface area contributed by atoms with Gasteiger partial charge in [0, 0.05) is 19.0 Å². The van der Waals surface area contributed by atoms with Crippen molar-refractivity contribution in [2.75, 3.05) is 26.2 Å². The van der Waals surface area contributed by atoms with Crippen LogP contribution in [0.15, 0.2) is 0 Å². The molecule has 0 spiro atoms. The summed E-state index contributed by atoms with van der Waals surface area (Å²) in [6.45, 7) is 4.50. The second kappa shape index (κ2) is 6.93. The minimum absolute atomic E-state index is 0.401. The Bertz CT molecular complexity index is 317. The Labute approximate surface area is 123 Å². The number of unbranched alkanes of at least 4 members (excludes halogenated alkanes) is 1. The van der Waals surface area contributed by atoms with E-state index in [1.54, 1.807) is 0 Å². The Kier molecular flexibility index (Phi) is 4.98. The van der Waals surface area contributed by atoms with Gasteiger partial charge < -0.3 is 10.2 Å². The normalized spacial score (nSPS) is 23.8. The zero-order chi connectivity index (χ0) is 13.8. The molecule has 0 bridgehead atoms. The number of rotatable bonds is 8. The fourth-order valence-corrected chi connectivity index (χ4v) is 3.40. The van der Waals surface area contributed by atoms with Gasteiger partial charge in [0.1, 0.15) is 0 Å². The fourth-order valence-electron chi connectivity index (χ4n) is 3.40. The third-order valence-electron chi connectivity index (χ3n) is 5.16. The van der Waals surface area contributed by atoms with Gasteiger partial charge in [-0.3, -0.25) is 4.79 Å². The summed E-state index contributed by atoms with van der Waals surface area (Å²) in [4.78, 5) is 14.5. The second-order valence-corrected chi connectivity index (χ2v) is 7.19. The molecule has 1 heterocycles. The van der Waals surface area contributed by atoms with Crippen LogP contribution in [0.1, 0.15) is 57.8 Å². The zero-order valence-corrected chi connectivity index (χ0v) is 12.8. The van der Waals surface area contributed by atoms with Gasteiger partial charge in [-0.1, -0.05) is 12.8 Å². The lowest BCUT2D eigenvalue weighted by atomic mass is 9.92. The summed E-state index contributed by atoms with van der Waals surface area (Å²) in [7, 11) is 0. The number of nitrogens with zero attached hydrogens (tertiary/aromatic N) is 1. The number of nitrogens with one attached hydrogen (secondary N) is 1. The van der Waals surface area contributed by atoms with E-state index in [-0.39, 0.29) is 0 Å². The molecule has 3 rings (SSSR count). The first-order chi connectivity index (χ1) is 9.83. The van der Waals surface area contributed by atoms with Gasteiger partial charge in [0.25, 0.3) is 0 Å². The van der Waals surface area contributed by atoms with E-state index in [1.807, 2.05) is 0 Å². The molecule has 2 aliphatic carbocycles. The highest BCUT2D eigenvalue weighted by molar-refractivity contribution is 5.81.